The quantitative estimate of drug-likeness (QED) is 0.520. The first-order valence-electron chi connectivity index (χ1n) is 12.4. The van der Waals surface area contributed by atoms with Gasteiger partial charge in [0.2, 0.25) is 5.91 Å². The number of amides is 1. The Labute approximate surface area is 210 Å². The van der Waals surface area contributed by atoms with Crippen LogP contribution in [0.2, 0.25) is 5.02 Å². The van der Waals surface area contributed by atoms with Gasteiger partial charge in [-0.3, -0.25) is 14.5 Å². The highest BCUT2D eigenvalue weighted by molar-refractivity contribution is 6.30. The van der Waals surface area contributed by atoms with Gasteiger partial charge in [0.15, 0.2) is 0 Å². The van der Waals surface area contributed by atoms with Gasteiger partial charge in [-0.05, 0) is 49.6 Å². The molecule has 2 aromatic carbocycles. The van der Waals surface area contributed by atoms with Crippen molar-refractivity contribution >= 4 is 28.3 Å². The third-order valence-corrected chi connectivity index (χ3v) is 7.36. The largest absolute Gasteiger partial charge is 0.381 e. The van der Waals surface area contributed by atoms with E-state index >= 15 is 0 Å². The normalized spacial score (nSPS) is 20.5. The molecular weight excluding hydrogens is 464 g/mol. The van der Waals surface area contributed by atoms with Gasteiger partial charge in [-0.25, -0.2) is 4.68 Å². The topological polar surface area (TPSA) is 76.5 Å². The zero-order valence-corrected chi connectivity index (χ0v) is 20.5. The average Bonchev–Trinajstić information content (AvgIpc) is 3.56. The number of hydrogen-bond acceptors (Lipinski definition) is 5. The van der Waals surface area contributed by atoms with Crippen molar-refractivity contribution in [2.45, 2.75) is 38.3 Å². The number of carbonyl (C=O) groups is 1. The highest BCUT2D eigenvalue weighted by Gasteiger charge is 2.27. The molecular formula is C27H31ClN4O3. The van der Waals surface area contributed by atoms with Crippen molar-refractivity contribution in [2.75, 3.05) is 32.8 Å². The van der Waals surface area contributed by atoms with Gasteiger partial charge >= 0.3 is 0 Å². The van der Waals surface area contributed by atoms with E-state index in [1.165, 1.54) is 0 Å². The third-order valence-electron chi connectivity index (χ3n) is 7.11. The van der Waals surface area contributed by atoms with Gasteiger partial charge in [0.05, 0.1) is 30.1 Å². The summed E-state index contributed by atoms with van der Waals surface area (Å²) in [7, 11) is 0. The first kappa shape index (κ1) is 24.0. The molecule has 184 valence electrons. The fourth-order valence-corrected chi connectivity index (χ4v) is 5.29. The lowest BCUT2D eigenvalue weighted by Gasteiger charge is -2.25. The Hall–Kier alpha value is -2.74. The van der Waals surface area contributed by atoms with E-state index in [0.717, 1.165) is 49.0 Å². The highest BCUT2D eigenvalue weighted by Crippen LogP contribution is 2.21. The molecule has 3 heterocycles. The van der Waals surface area contributed by atoms with E-state index in [1.54, 1.807) is 4.68 Å². The van der Waals surface area contributed by atoms with Crippen molar-refractivity contribution in [3.8, 4) is 0 Å². The first-order valence-corrected chi connectivity index (χ1v) is 12.8. The van der Waals surface area contributed by atoms with Gasteiger partial charge in [0, 0.05) is 42.6 Å². The molecule has 2 fully saturated rings. The van der Waals surface area contributed by atoms with Gasteiger partial charge in [0.25, 0.3) is 5.56 Å². The molecule has 1 N–H and O–H groups in total. The molecule has 0 bridgehead atoms. The van der Waals surface area contributed by atoms with E-state index in [2.05, 4.69) is 10.2 Å². The predicted octanol–water partition coefficient (Wildman–Crippen LogP) is 3.26. The summed E-state index contributed by atoms with van der Waals surface area (Å²) in [6.45, 7) is 4.07. The molecule has 3 aromatic rings. The number of aromatic nitrogens is 2. The molecule has 1 aromatic heterocycles. The van der Waals surface area contributed by atoms with Gasteiger partial charge in [0.1, 0.15) is 0 Å². The van der Waals surface area contributed by atoms with Crippen LogP contribution in [-0.4, -0.2) is 59.5 Å². The molecule has 2 aliphatic rings. The monoisotopic (exact) mass is 494 g/mol. The highest BCUT2D eigenvalue weighted by atomic mass is 35.5. The number of ether oxygens (including phenoxy) is 1. The number of nitrogens with zero attached hydrogens (tertiary/aromatic N) is 3. The number of benzene rings is 2. The van der Waals surface area contributed by atoms with Crippen LogP contribution >= 0.6 is 11.6 Å². The minimum Gasteiger partial charge on any atom is -0.381 e. The molecule has 0 spiro atoms. The SMILES string of the molecule is O=C(NCCN1CCCC1Cn1nc(Cc2ccc(Cl)cc2)c2ccccc2c1=O)C1CCOC1. The van der Waals surface area contributed by atoms with Crippen molar-refractivity contribution in [1.29, 1.82) is 0 Å². The molecule has 2 unspecified atom stereocenters. The Bertz CT molecular complexity index is 1240. The standard InChI is InChI=1S/C27H31ClN4O3/c28-21-9-7-19(8-10-21)16-25-23-5-1-2-6-24(23)27(34)32(30-25)17-22-4-3-13-31(22)14-12-29-26(33)20-11-15-35-18-20/h1-2,5-10,20,22H,3-4,11-18H2,(H,29,33). The van der Waals surface area contributed by atoms with Crippen molar-refractivity contribution in [1.82, 2.24) is 20.0 Å². The minimum atomic E-state index is -0.0538. The lowest BCUT2D eigenvalue weighted by Crippen LogP contribution is -2.42. The Balaban J connectivity index is 1.31. The van der Waals surface area contributed by atoms with E-state index in [9.17, 15) is 9.59 Å². The van der Waals surface area contributed by atoms with E-state index in [-0.39, 0.29) is 23.4 Å². The molecule has 2 saturated heterocycles. The third kappa shape index (κ3) is 5.58. The zero-order valence-electron chi connectivity index (χ0n) is 19.8. The number of fused-ring (bicyclic) bond motifs is 1. The molecule has 2 atom stereocenters. The van der Waals surface area contributed by atoms with E-state index in [0.29, 0.717) is 43.1 Å². The summed E-state index contributed by atoms with van der Waals surface area (Å²) in [5, 5.41) is 10.2. The van der Waals surface area contributed by atoms with Gasteiger partial charge in [-0.2, -0.15) is 5.10 Å². The number of nitrogens with one attached hydrogen (secondary N) is 1. The van der Waals surface area contributed by atoms with Crippen molar-refractivity contribution in [3.05, 3.63) is 75.2 Å². The van der Waals surface area contributed by atoms with Crippen molar-refractivity contribution < 1.29 is 9.53 Å². The Morgan fingerprint density at radius 1 is 1.11 bits per heavy atom. The number of likely N-dealkylation sites (tertiary alicyclic amines) is 1. The number of rotatable bonds is 8. The second-order valence-corrected chi connectivity index (χ2v) is 9.90. The maximum absolute atomic E-state index is 13.3. The van der Waals surface area contributed by atoms with Crippen LogP contribution in [0.4, 0.5) is 0 Å². The van der Waals surface area contributed by atoms with Crippen LogP contribution in [0, 0.1) is 5.92 Å². The summed E-state index contributed by atoms with van der Waals surface area (Å²) in [5.41, 5.74) is 1.93. The summed E-state index contributed by atoms with van der Waals surface area (Å²) in [6, 6.07) is 15.7. The smallest absolute Gasteiger partial charge is 0.274 e. The summed E-state index contributed by atoms with van der Waals surface area (Å²) in [6.07, 6.45) is 3.52. The first-order chi connectivity index (χ1) is 17.1. The maximum Gasteiger partial charge on any atom is 0.274 e. The van der Waals surface area contributed by atoms with E-state index in [1.807, 2.05) is 48.5 Å². The molecule has 0 aliphatic carbocycles. The average molecular weight is 495 g/mol. The number of carbonyl (C=O) groups excluding carboxylic acids is 1. The summed E-state index contributed by atoms with van der Waals surface area (Å²) in [4.78, 5) is 28.0. The maximum atomic E-state index is 13.3. The van der Waals surface area contributed by atoms with Crippen LogP contribution in [-0.2, 0) is 22.5 Å². The molecule has 0 saturated carbocycles. The summed E-state index contributed by atoms with van der Waals surface area (Å²) < 4.78 is 6.96. The van der Waals surface area contributed by atoms with Crippen LogP contribution in [0.5, 0.6) is 0 Å². The van der Waals surface area contributed by atoms with Crippen molar-refractivity contribution in [2.24, 2.45) is 5.92 Å². The second kappa shape index (κ2) is 10.9. The van der Waals surface area contributed by atoms with E-state index in [4.69, 9.17) is 21.4 Å². The lowest BCUT2D eigenvalue weighted by atomic mass is 10.0. The molecule has 0 radical (unpaired) electrons. The summed E-state index contributed by atoms with van der Waals surface area (Å²) >= 11 is 6.06. The summed E-state index contributed by atoms with van der Waals surface area (Å²) in [5.74, 6) is 0.0568. The van der Waals surface area contributed by atoms with Crippen LogP contribution in [0.1, 0.15) is 30.5 Å². The van der Waals surface area contributed by atoms with Gasteiger partial charge in [-0.15, -0.1) is 0 Å². The Morgan fingerprint density at radius 3 is 2.69 bits per heavy atom. The lowest BCUT2D eigenvalue weighted by molar-refractivity contribution is -0.125. The molecule has 7 nitrogen and oxygen atoms in total. The van der Waals surface area contributed by atoms with Crippen LogP contribution in [0.3, 0.4) is 0 Å². The van der Waals surface area contributed by atoms with Gasteiger partial charge in [-0.1, -0.05) is 41.9 Å². The van der Waals surface area contributed by atoms with Crippen LogP contribution in [0.15, 0.2) is 53.3 Å². The van der Waals surface area contributed by atoms with Gasteiger partial charge < -0.3 is 10.1 Å². The van der Waals surface area contributed by atoms with Crippen molar-refractivity contribution in [3.63, 3.8) is 0 Å². The zero-order chi connectivity index (χ0) is 24.2. The second-order valence-electron chi connectivity index (χ2n) is 9.47. The number of hydrogen-bond donors (Lipinski definition) is 1. The molecule has 8 heteroatoms. The fourth-order valence-electron chi connectivity index (χ4n) is 5.16. The minimum absolute atomic E-state index is 0.0242. The molecule has 5 rings (SSSR count). The number of halogens is 1. The van der Waals surface area contributed by atoms with E-state index < -0.39 is 0 Å². The van der Waals surface area contributed by atoms with Crippen LogP contribution in [0.25, 0.3) is 10.8 Å². The molecule has 2 aliphatic heterocycles. The Kier molecular flexibility index (Phi) is 7.46. The molecule has 1 amide bonds. The fraction of sp³-hybridized carbons (Fsp3) is 0.444. The predicted molar refractivity (Wildman–Crippen MR) is 137 cm³/mol. The molecule has 35 heavy (non-hydrogen) atoms. The van der Waals surface area contributed by atoms with Crippen LogP contribution < -0.4 is 10.9 Å². The Morgan fingerprint density at radius 2 is 1.91 bits per heavy atom.